The van der Waals surface area contributed by atoms with Gasteiger partial charge in [-0.25, -0.2) is 9.97 Å². The minimum Gasteiger partial charge on any atom is -0.277 e. The largest absolute Gasteiger partial charge is 0.277 e. The molecule has 0 bridgehead atoms. The Morgan fingerprint density at radius 2 is 1.38 bits per heavy atom. The summed E-state index contributed by atoms with van der Waals surface area (Å²) in [7, 11) is 0. The van der Waals surface area contributed by atoms with Gasteiger partial charge in [0.25, 0.3) is 0 Å². The lowest BCUT2D eigenvalue weighted by Gasteiger charge is -2.09. The smallest absolute Gasteiger partial charge is 0.234 e. The Morgan fingerprint density at radius 3 is 2.23 bits per heavy atom. The van der Waals surface area contributed by atoms with Gasteiger partial charge in [0.05, 0.1) is 11.0 Å². The summed E-state index contributed by atoms with van der Waals surface area (Å²) in [5.41, 5.74) is 2.27. The quantitative estimate of drug-likeness (QED) is 0.415. The Labute approximate surface area is 155 Å². The van der Waals surface area contributed by atoms with Gasteiger partial charge in [-0.1, -0.05) is 60.3 Å². The van der Waals surface area contributed by atoms with Crippen LogP contribution in [0.4, 0.5) is 0 Å². The molecule has 3 aromatic carbocycles. The average molecular weight is 353 g/mol. The van der Waals surface area contributed by atoms with Crippen molar-refractivity contribution in [2.45, 2.75) is 9.79 Å². The van der Waals surface area contributed by atoms with Crippen LogP contribution in [0, 0.1) is 0 Å². The Hall–Kier alpha value is -3.11. The molecule has 5 aromatic rings. The van der Waals surface area contributed by atoms with Crippen LogP contribution in [0.3, 0.4) is 0 Å². The highest BCUT2D eigenvalue weighted by molar-refractivity contribution is 7.99. The third kappa shape index (κ3) is 2.47. The fourth-order valence-electron chi connectivity index (χ4n) is 3.30. The lowest BCUT2D eigenvalue weighted by molar-refractivity contribution is 0.981. The van der Waals surface area contributed by atoms with E-state index in [1.54, 1.807) is 24.2 Å². The molecule has 5 rings (SSSR count). The van der Waals surface area contributed by atoms with Crippen LogP contribution in [-0.2, 0) is 0 Å². The minimum atomic E-state index is 0.694. The van der Waals surface area contributed by atoms with Gasteiger partial charge in [0.15, 0.2) is 0 Å². The number of para-hydroxylation sites is 2. The maximum absolute atomic E-state index is 4.51. The van der Waals surface area contributed by atoms with Gasteiger partial charge < -0.3 is 0 Å². The molecule has 0 spiro atoms. The van der Waals surface area contributed by atoms with Gasteiger partial charge in [-0.2, -0.15) is 0 Å². The normalized spacial score (nSPS) is 11.2. The number of nitrogens with zero attached hydrogens (tertiary/aromatic N) is 3. The van der Waals surface area contributed by atoms with Gasteiger partial charge >= 0.3 is 0 Å². The minimum absolute atomic E-state index is 0.694. The van der Waals surface area contributed by atoms with Crippen molar-refractivity contribution in [1.29, 1.82) is 0 Å². The van der Waals surface area contributed by atoms with Crippen molar-refractivity contribution in [3.63, 3.8) is 0 Å². The highest BCUT2D eigenvalue weighted by Crippen LogP contribution is 2.39. The molecule has 3 nitrogen and oxygen atoms in total. The van der Waals surface area contributed by atoms with Crippen molar-refractivity contribution in [3.8, 4) is 5.95 Å². The summed E-state index contributed by atoms with van der Waals surface area (Å²) < 4.78 is 2.16. The molecule has 0 atom stereocenters. The van der Waals surface area contributed by atoms with E-state index in [2.05, 4.69) is 81.3 Å². The third-order valence-corrected chi connectivity index (χ3v) is 5.44. The Balaban J connectivity index is 1.85. The van der Waals surface area contributed by atoms with Crippen LogP contribution in [0.15, 0.2) is 101 Å². The zero-order valence-corrected chi connectivity index (χ0v) is 14.7. The van der Waals surface area contributed by atoms with Crippen LogP contribution in [0.1, 0.15) is 0 Å². The van der Waals surface area contributed by atoms with E-state index in [1.165, 1.54) is 20.6 Å². The summed E-state index contributed by atoms with van der Waals surface area (Å²) in [6.45, 7) is 0. The summed E-state index contributed by atoms with van der Waals surface area (Å²) >= 11 is 1.76. The number of aromatic nitrogens is 3. The second-order valence-electron chi connectivity index (χ2n) is 5.97. The lowest BCUT2D eigenvalue weighted by Crippen LogP contribution is -2.00. The van der Waals surface area contributed by atoms with Crippen LogP contribution in [0.2, 0.25) is 0 Å². The zero-order valence-electron chi connectivity index (χ0n) is 13.9. The predicted octanol–water partition coefficient (Wildman–Crippen LogP) is 5.72. The number of fused-ring (bicyclic) bond motifs is 3. The predicted molar refractivity (Wildman–Crippen MR) is 107 cm³/mol. The molecule has 0 amide bonds. The highest BCUT2D eigenvalue weighted by atomic mass is 32.2. The maximum atomic E-state index is 4.51. The van der Waals surface area contributed by atoms with Crippen molar-refractivity contribution in [2.75, 3.05) is 0 Å². The van der Waals surface area contributed by atoms with Gasteiger partial charge in [-0.05, 0) is 30.3 Å². The molecule has 0 saturated carbocycles. The van der Waals surface area contributed by atoms with Crippen molar-refractivity contribution >= 4 is 33.6 Å². The molecular weight excluding hydrogens is 338 g/mol. The van der Waals surface area contributed by atoms with E-state index in [4.69, 9.17) is 0 Å². The van der Waals surface area contributed by atoms with Gasteiger partial charge in [0, 0.05) is 33.0 Å². The van der Waals surface area contributed by atoms with Crippen LogP contribution < -0.4 is 0 Å². The first-order valence-corrected chi connectivity index (χ1v) is 9.26. The molecule has 0 aliphatic carbocycles. The van der Waals surface area contributed by atoms with Crippen LogP contribution in [0.5, 0.6) is 0 Å². The highest BCUT2D eigenvalue weighted by Gasteiger charge is 2.16. The molecule has 0 N–H and O–H groups in total. The van der Waals surface area contributed by atoms with E-state index in [0.717, 1.165) is 11.0 Å². The molecule has 0 radical (unpaired) electrons. The molecule has 4 heteroatoms. The number of rotatable bonds is 3. The average Bonchev–Trinajstić information content (AvgIpc) is 3.05. The van der Waals surface area contributed by atoms with Gasteiger partial charge in [0.2, 0.25) is 5.95 Å². The summed E-state index contributed by atoms with van der Waals surface area (Å²) in [4.78, 5) is 11.4. The fourth-order valence-corrected chi connectivity index (χ4v) is 4.29. The molecule has 124 valence electrons. The first kappa shape index (κ1) is 15.2. The first-order valence-electron chi connectivity index (χ1n) is 8.44. The van der Waals surface area contributed by atoms with Crippen molar-refractivity contribution in [1.82, 2.24) is 14.5 Å². The SMILES string of the molecule is c1ccc(Sc2cccc3c4ccccc4n(-c4ncccn4)c23)cc1. The second kappa shape index (κ2) is 6.32. The van der Waals surface area contributed by atoms with Crippen LogP contribution in [-0.4, -0.2) is 14.5 Å². The van der Waals surface area contributed by atoms with Gasteiger partial charge in [-0.15, -0.1) is 0 Å². The van der Waals surface area contributed by atoms with Crippen molar-refractivity contribution < 1.29 is 0 Å². The molecule has 0 saturated heterocycles. The van der Waals surface area contributed by atoms with E-state index in [0.29, 0.717) is 5.95 Å². The van der Waals surface area contributed by atoms with Gasteiger partial charge in [-0.3, -0.25) is 4.57 Å². The molecule has 2 heterocycles. The molecule has 0 unspecified atom stereocenters. The van der Waals surface area contributed by atoms with Crippen molar-refractivity contribution in [3.05, 3.63) is 91.3 Å². The number of hydrogen-bond acceptors (Lipinski definition) is 3. The third-order valence-electron chi connectivity index (χ3n) is 4.38. The topological polar surface area (TPSA) is 30.7 Å². The van der Waals surface area contributed by atoms with E-state index in [9.17, 15) is 0 Å². The summed E-state index contributed by atoms with van der Waals surface area (Å²) in [5.74, 6) is 0.694. The van der Waals surface area contributed by atoms with Gasteiger partial charge in [0.1, 0.15) is 0 Å². The number of hydrogen-bond donors (Lipinski definition) is 0. The Bertz CT molecular complexity index is 1200. The van der Waals surface area contributed by atoms with E-state index < -0.39 is 0 Å². The van der Waals surface area contributed by atoms with Crippen LogP contribution >= 0.6 is 11.8 Å². The summed E-state index contributed by atoms with van der Waals surface area (Å²) in [6, 6.07) is 27.2. The van der Waals surface area contributed by atoms with Crippen LogP contribution in [0.25, 0.3) is 27.8 Å². The molecule has 26 heavy (non-hydrogen) atoms. The standard InChI is InChI=1S/C22H15N3S/c1-2-8-16(9-3-1)26-20-13-6-11-18-17-10-4-5-12-19(17)25(21(18)20)22-23-14-7-15-24-22/h1-15H. The number of benzene rings is 3. The monoisotopic (exact) mass is 353 g/mol. The fraction of sp³-hybridized carbons (Fsp3) is 0. The first-order chi connectivity index (χ1) is 12.9. The molecule has 0 fully saturated rings. The zero-order chi connectivity index (χ0) is 17.3. The van der Waals surface area contributed by atoms with E-state index >= 15 is 0 Å². The summed E-state index contributed by atoms with van der Waals surface area (Å²) in [5, 5.41) is 2.43. The molecule has 2 aromatic heterocycles. The molecule has 0 aliphatic heterocycles. The Kier molecular flexibility index (Phi) is 3.68. The maximum Gasteiger partial charge on any atom is 0.234 e. The summed E-state index contributed by atoms with van der Waals surface area (Å²) in [6.07, 6.45) is 3.58. The second-order valence-corrected chi connectivity index (χ2v) is 7.08. The van der Waals surface area contributed by atoms with Crippen molar-refractivity contribution in [2.24, 2.45) is 0 Å². The lowest BCUT2D eigenvalue weighted by atomic mass is 10.1. The van der Waals surface area contributed by atoms with E-state index in [1.807, 2.05) is 12.1 Å². The Morgan fingerprint density at radius 1 is 0.654 bits per heavy atom. The molecule has 0 aliphatic rings. The molecular formula is C22H15N3S. The van der Waals surface area contributed by atoms with E-state index in [-0.39, 0.29) is 0 Å².